The Balaban J connectivity index is 1.62. The molecule has 144 valence electrons. The first-order valence-corrected chi connectivity index (χ1v) is 8.57. The minimum Gasteiger partial charge on any atom is -0.456 e. The summed E-state index contributed by atoms with van der Waals surface area (Å²) in [5.74, 6) is -2.79. The molecule has 2 aromatic carbocycles. The molecule has 0 aliphatic heterocycles. The maximum absolute atomic E-state index is 13.0. The molecule has 3 rings (SSSR count). The highest BCUT2D eigenvalue weighted by molar-refractivity contribution is 6.42. The number of carbonyl (C=O) groups is 2. The third-order valence-electron chi connectivity index (χ3n) is 3.58. The third-order valence-corrected chi connectivity index (χ3v) is 4.32. The van der Waals surface area contributed by atoms with Crippen LogP contribution in [0.25, 0.3) is 11.5 Å². The Morgan fingerprint density at radius 1 is 1.11 bits per heavy atom. The number of rotatable bonds is 6. The molecule has 0 N–H and O–H groups in total. The lowest BCUT2D eigenvalue weighted by molar-refractivity contribution is -0.143. The number of benzene rings is 2. The van der Waals surface area contributed by atoms with Crippen molar-refractivity contribution in [2.45, 2.75) is 6.54 Å². The zero-order valence-electron chi connectivity index (χ0n) is 14.0. The highest BCUT2D eigenvalue weighted by Gasteiger charge is 2.16. The van der Waals surface area contributed by atoms with Gasteiger partial charge in [0, 0.05) is 11.1 Å². The summed E-state index contributed by atoms with van der Waals surface area (Å²) < 4.78 is 23.5. The fraction of sp³-hybridized carbons (Fsp3) is 0.111. The van der Waals surface area contributed by atoms with Crippen LogP contribution in [0.3, 0.4) is 0 Å². The Hall–Kier alpha value is -2.97. The highest BCUT2D eigenvalue weighted by Crippen LogP contribution is 2.22. The van der Waals surface area contributed by atoms with E-state index >= 15 is 0 Å². The Kier molecular flexibility index (Phi) is 5.91. The molecule has 0 atom stereocenters. The summed E-state index contributed by atoms with van der Waals surface area (Å²) in [4.78, 5) is 35.7. The number of esters is 1. The van der Waals surface area contributed by atoms with Crippen LogP contribution in [0.1, 0.15) is 10.4 Å². The predicted octanol–water partition coefficient (Wildman–Crippen LogP) is 3.38. The summed E-state index contributed by atoms with van der Waals surface area (Å²) in [6.45, 7) is -1.10. The van der Waals surface area contributed by atoms with Crippen LogP contribution in [-0.4, -0.2) is 28.1 Å². The molecule has 0 bridgehead atoms. The second-order valence-electron chi connectivity index (χ2n) is 5.55. The zero-order valence-corrected chi connectivity index (χ0v) is 15.5. The number of hydrogen-bond donors (Lipinski definition) is 0. The van der Waals surface area contributed by atoms with Gasteiger partial charge in [-0.15, -0.1) is 5.10 Å². The van der Waals surface area contributed by atoms with Crippen molar-refractivity contribution in [2.24, 2.45) is 0 Å². The smallest absolute Gasteiger partial charge is 0.437 e. The van der Waals surface area contributed by atoms with E-state index in [1.165, 1.54) is 42.5 Å². The van der Waals surface area contributed by atoms with Gasteiger partial charge in [0.05, 0.1) is 10.0 Å². The van der Waals surface area contributed by atoms with Crippen LogP contribution >= 0.6 is 23.2 Å². The van der Waals surface area contributed by atoms with Gasteiger partial charge in [0.1, 0.15) is 12.4 Å². The van der Waals surface area contributed by atoms with E-state index < -0.39 is 36.5 Å². The lowest BCUT2D eigenvalue weighted by Crippen LogP contribution is -2.24. The van der Waals surface area contributed by atoms with Crippen LogP contribution in [0.4, 0.5) is 4.39 Å². The molecule has 0 saturated heterocycles. The summed E-state index contributed by atoms with van der Waals surface area (Å²) in [7, 11) is 0. The van der Waals surface area contributed by atoms with E-state index in [2.05, 4.69) is 5.10 Å². The molecule has 10 heteroatoms. The zero-order chi connectivity index (χ0) is 20.3. The quantitative estimate of drug-likeness (QED) is 0.444. The molecule has 0 aliphatic carbocycles. The molecular formula is C18H11Cl2FN2O5. The van der Waals surface area contributed by atoms with Crippen molar-refractivity contribution in [2.75, 3.05) is 6.61 Å². The van der Waals surface area contributed by atoms with Crippen LogP contribution in [0.5, 0.6) is 0 Å². The molecule has 0 saturated carbocycles. The first-order valence-electron chi connectivity index (χ1n) is 7.81. The average Bonchev–Trinajstić information content (AvgIpc) is 3.03. The molecule has 0 spiro atoms. The van der Waals surface area contributed by atoms with E-state index in [-0.39, 0.29) is 21.5 Å². The fourth-order valence-electron chi connectivity index (χ4n) is 2.18. The first-order chi connectivity index (χ1) is 13.3. The summed E-state index contributed by atoms with van der Waals surface area (Å²) >= 11 is 11.6. The van der Waals surface area contributed by atoms with Gasteiger partial charge in [0.25, 0.3) is 0 Å². The summed E-state index contributed by atoms with van der Waals surface area (Å²) in [5.41, 5.74) is 0.583. The van der Waals surface area contributed by atoms with Crippen molar-refractivity contribution in [1.29, 1.82) is 0 Å². The van der Waals surface area contributed by atoms with Crippen LogP contribution in [0.2, 0.25) is 10.0 Å². The highest BCUT2D eigenvalue weighted by atomic mass is 35.5. The van der Waals surface area contributed by atoms with Gasteiger partial charge in [-0.25, -0.2) is 9.18 Å². The monoisotopic (exact) mass is 424 g/mol. The molecule has 3 aromatic rings. The van der Waals surface area contributed by atoms with Crippen molar-refractivity contribution >= 4 is 35.0 Å². The van der Waals surface area contributed by atoms with E-state index in [9.17, 15) is 18.8 Å². The molecule has 0 radical (unpaired) electrons. The molecule has 0 unspecified atom stereocenters. The van der Waals surface area contributed by atoms with E-state index in [0.29, 0.717) is 5.56 Å². The topological polar surface area (TPSA) is 91.4 Å². The second kappa shape index (κ2) is 8.37. The van der Waals surface area contributed by atoms with Crippen molar-refractivity contribution < 1.29 is 23.1 Å². The van der Waals surface area contributed by atoms with E-state index in [4.69, 9.17) is 32.4 Å². The third kappa shape index (κ3) is 4.65. The number of hydrogen-bond acceptors (Lipinski definition) is 6. The maximum atomic E-state index is 13.0. The molecule has 0 fully saturated rings. The molecule has 1 aromatic heterocycles. The predicted molar refractivity (Wildman–Crippen MR) is 97.9 cm³/mol. The molecule has 1 heterocycles. The summed E-state index contributed by atoms with van der Waals surface area (Å²) in [6.07, 6.45) is 0. The van der Waals surface area contributed by atoms with Gasteiger partial charge >= 0.3 is 11.7 Å². The average molecular weight is 425 g/mol. The van der Waals surface area contributed by atoms with Crippen molar-refractivity contribution in [1.82, 2.24) is 9.78 Å². The molecule has 28 heavy (non-hydrogen) atoms. The SMILES string of the molecule is O=C(Cn1nc(-c2ccc(F)cc2)oc1=O)OCC(=O)c1ccc(Cl)c(Cl)c1. The fourth-order valence-corrected chi connectivity index (χ4v) is 2.48. The molecule has 0 aliphatic rings. The number of halogens is 3. The minimum atomic E-state index is -0.896. The second-order valence-corrected chi connectivity index (χ2v) is 6.36. The lowest BCUT2D eigenvalue weighted by atomic mass is 10.1. The number of Topliss-reactive ketones (excluding diaryl/α,β-unsaturated/α-hetero) is 1. The Bertz CT molecular complexity index is 1090. The summed E-state index contributed by atoms with van der Waals surface area (Å²) in [5, 5.41) is 4.34. The molecule has 0 amide bonds. The van der Waals surface area contributed by atoms with Gasteiger partial charge in [-0.2, -0.15) is 4.68 Å². The molecule has 7 nitrogen and oxygen atoms in total. The number of ketones is 1. The van der Waals surface area contributed by atoms with Gasteiger partial charge in [0.15, 0.2) is 12.4 Å². The molecular weight excluding hydrogens is 414 g/mol. The van der Waals surface area contributed by atoms with Crippen molar-refractivity contribution in [3.63, 3.8) is 0 Å². The van der Waals surface area contributed by atoms with E-state index in [1.807, 2.05) is 0 Å². The maximum Gasteiger partial charge on any atom is 0.437 e. The number of nitrogens with zero attached hydrogens (tertiary/aromatic N) is 2. The lowest BCUT2D eigenvalue weighted by Gasteiger charge is -2.05. The van der Waals surface area contributed by atoms with Gasteiger partial charge in [0.2, 0.25) is 5.89 Å². The van der Waals surface area contributed by atoms with Crippen LogP contribution in [0, 0.1) is 5.82 Å². The van der Waals surface area contributed by atoms with E-state index in [1.54, 1.807) is 0 Å². The van der Waals surface area contributed by atoms with Crippen LogP contribution < -0.4 is 5.76 Å². The van der Waals surface area contributed by atoms with Crippen molar-refractivity contribution in [3.05, 3.63) is 74.4 Å². The Morgan fingerprint density at radius 2 is 1.82 bits per heavy atom. The van der Waals surface area contributed by atoms with Gasteiger partial charge in [-0.3, -0.25) is 9.59 Å². The minimum absolute atomic E-state index is 0.0790. The first kappa shape index (κ1) is 19.8. The Morgan fingerprint density at radius 3 is 2.50 bits per heavy atom. The normalized spacial score (nSPS) is 10.7. The summed E-state index contributed by atoms with van der Waals surface area (Å²) in [6, 6.07) is 9.36. The van der Waals surface area contributed by atoms with Gasteiger partial charge < -0.3 is 9.15 Å². The van der Waals surface area contributed by atoms with Crippen LogP contribution in [0.15, 0.2) is 51.7 Å². The van der Waals surface area contributed by atoms with Gasteiger partial charge in [-0.1, -0.05) is 23.2 Å². The van der Waals surface area contributed by atoms with Crippen LogP contribution in [-0.2, 0) is 16.1 Å². The number of aromatic nitrogens is 2. The van der Waals surface area contributed by atoms with Crippen molar-refractivity contribution in [3.8, 4) is 11.5 Å². The van der Waals surface area contributed by atoms with Gasteiger partial charge in [-0.05, 0) is 42.5 Å². The van der Waals surface area contributed by atoms with E-state index in [0.717, 1.165) is 4.68 Å². The number of carbonyl (C=O) groups excluding carboxylic acids is 2. The Labute approximate surface area is 167 Å². The largest absolute Gasteiger partial charge is 0.456 e. The number of ether oxygens (including phenoxy) is 1. The standard InChI is InChI=1S/C18H11Cl2FN2O5/c19-13-6-3-11(7-14(13)20)15(24)9-27-16(25)8-23-18(26)28-17(22-23)10-1-4-12(21)5-2-10/h1-7H,8-9H2.